The van der Waals surface area contributed by atoms with Crippen molar-refractivity contribution in [3.8, 4) is 5.75 Å². The average Bonchev–Trinajstić information content (AvgIpc) is 3.56. The lowest BCUT2D eigenvalue weighted by Crippen LogP contribution is -2.47. The van der Waals surface area contributed by atoms with Crippen molar-refractivity contribution in [2.75, 3.05) is 26.9 Å². The summed E-state index contributed by atoms with van der Waals surface area (Å²) in [5.74, 6) is -1.48. The second-order valence-electron chi connectivity index (χ2n) is 11.0. The van der Waals surface area contributed by atoms with Crippen LogP contribution < -0.4 is 10.1 Å². The van der Waals surface area contributed by atoms with Crippen molar-refractivity contribution < 1.29 is 33.7 Å². The predicted molar refractivity (Wildman–Crippen MR) is 137 cm³/mol. The summed E-state index contributed by atoms with van der Waals surface area (Å²) in [7, 11) is 1.60. The van der Waals surface area contributed by atoms with E-state index in [0.29, 0.717) is 51.1 Å². The minimum absolute atomic E-state index is 0.0176. The van der Waals surface area contributed by atoms with Gasteiger partial charge in [-0.05, 0) is 87.5 Å². The Morgan fingerprint density at radius 2 is 1.76 bits per heavy atom. The smallest absolute Gasteiger partial charge is 0.316 e. The van der Waals surface area contributed by atoms with Crippen molar-refractivity contribution in [1.82, 2.24) is 5.32 Å². The molecule has 8 nitrogen and oxygen atoms in total. The van der Waals surface area contributed by atoms with Crippen molar-refractivity contribution in [3.05, 3.63) is 29.3 Å². The molecule has 1 atom stereocenters. The van der Waals surface area contributed by atoms with Crippen LogP contribution in [0.4, 0.5) is 0 Å². The zero-order valence-electron chi connectivity index (χ0n) is 22.0. The number of hydrogen-bond donors (Lipinski definition) is 2. The number of fused-ring (bicyclic) bond motifs is 1. The van der Waals surface area contributed by atoms with Crippen LogP contribution in [0.5, 0.6) is 5.75 Å². The van der Waals surface area contributed by atoms with Gasteiger partial charge in [0.15, 0.2) is 0 Å². The Hall–Kier alpha value is -2.45. The van der Waals surface area contributed by atoms with Crippen molar-refractivity contribution >= 4 is 17.8 Å². The van der Waals surface area contributed by atoms with E-state index in [1.165, 1.54) is 11.1 Å². The molecule has 1 amide bonds. The Kier molecular flexibility index (Phi) is 9.60. The van der Waals surface area contributed by atoms with Gasteiger partial charge in [-0.2, -0.15) is 0 Å². The Labute approximate surface area is 219 Å². The van der Waals surface area contributed by atoms with E-state index in [9.17, 15) is 19.5 Å². The number of rotatable bonds is 12. The van der Waals surface area contributed by atoms with Crippen LogP contribution in [0.15, 0.2) is 18.2 Å². The molecule has 4 rings (SSSR count). The molecule has 1 aromatic rings. The van der Waals surface area contributed by atoms with E-state index in [-0.39, 0.29) is 30.4 Å². The lowest BCUT2D eigenvalue weighted by molar-refractivity contribution is -0.144. The highest BCUT2D eigenvalue weighted by molar-refractivity contribution is 5.84. The van der Waals surface area contributed by atoms with Gasteiger partial charge in [0.05, 0.1) is 37.1 Å². The maximum absolute atomic E-state index is 13.6. The molecule has 1 aromatic carbocycles. The van der Waals surface area contributed by atoms with E-state index < -0.39 is 17.3 Å². The van der Waals surface area contributed by atoms with Crippen LogP contribution in [-0.2, 0) is 36.7 Å². The van der Waals surface area contributed by atoms with Crippen molar-refractivity contribution in [1.29, 1.82) is 0 Å². The van der Waals surface area contributed by atoms with Gasteiger partial charge >= 0.3 is 11.9 Å². The molecule has 3 aliphatic rings. The zero-order chi connectivity index (χ0) is 26.3. The summed E-state index contributed by atoms with van der Waals surface area (Å²) in [5, 5.41) is 12.5. The second kappa shape index (κ2) is 12.9. The molecule has 3 aliphatic carbocycles. The van der Waals surface area contributed by atoms with Crippen LogP contribution in [0.3, 0.4) is 0 Å². The van der Waals surface area contributed by atoms with Gasteiger partial charge in [-0.25, -0.2) is 0 Å². The third kappa shape index (κ3) is 7.11. The van der Waals surface area contributed by atoms with Gasteiger partial charge in [0.25, 0.3) is 0 Å². The molecule has 37 heavy (non-hydrogen) atoms. The number of ether oxygens (including phenoxy) is 3. The van der Waals surface area contributed by atoms with Gasteiger partial charge in [0.2, 0.25) is 5.91 Å². The summed E-state index contributed by atoms with van der Waals surface area (Å²) in [6, 6.07) is 5.85. The highest BCUT2D eigenvalue weighted by Gasteiger charge is 2.45. The molecule has 0 spiro atoms. The predicted octanol–water partition coefficient (Wildman–Crippen LogP) is 4.07. The fourth-order valence-electron chi connectivity index (χ4n) is 6.26. The number of methoxy groups -OCH3 is 1. The average molecular weight is 516 g/mol. The number of esters is 1. The molecule has 0 aliphatic heterocycles. The second-order valence-corrected chi connectivity index (χ2v) is 11.0. The molecule has 204 valence electrons. The zero-order valence-corrected chi connectivity index (χ0v) is 22.0. The maximum Gasteiger partial charge on any atom is 0.316 e. The number of carboxylic acid groups (broad SMARTS) is 1. The molecule has 2 fully saturated rings. The fraction of sp³-hybridized carbons (Fsp3) is 0.690. The minimum atomic E-state index is -0.754. The number of amides is 1. The van der Waals surface area contributed by atoms with Gasteiger partial charge in [0, 0.05) is 13.2 Å². The highest BCUT2D eigenvalue weighted by atomic mass is 16.5. The summed E-state index contributed by atoms with van der Waals surface area (Å²) in [4.78, 5) is 38.3. The first-order chi connectivity index (χ1) is 17.9. The number of hydrogen-bond acceptors (Lipinski definition) is 6. The van der Waals surface area contributed by atoms with Crippen molar-refractivity contribution in [2.45, 2.75) is 83.1 Å². The molecule has 0 bridgehead atoms. The summed E-state index contributed by atoms with van der Waals surface area (Å²) in [6.45, 7) is 0.967. The molecule has 8 heteroatoms. The van der Waals surface area contributed by atoms with Gasteiger partial charge in [0.1, 0.15) is 5.75 Å². The summed E-state index contributed by atoms with van der Waals surface area (Å²) in [5.41, 5.74) is 1.91. The largest absolute Gasteiger partial charge is 0.481 e. The van der Waals surface area contributed by atoms with E-state index in [4.69, 9.17) is 14.2 Å². The van der Waals surface area contributed by atoms with E-state index in [1.807, 2.05) is 18.2 Å². The summed E-state index contributed by atoms with van der Waals surface area (Å²) >= 11 is 0. The first-order valence-corrected chi connectivity index (χ1v) is 13.8. The van der Waals surface area contributed by atoms with Gasteiger partial charge in [-0.3, -0.25) is 14.4 Å². The fourth-order valence-corrected chi connectivity index (χ4v) is 6.26. The third-order valence-corrected chi connectivity index (χ3v) is 8.46. The van der Waals surface area contributed by atoms with Crippen LogP contribution in [0.2, 0.25) is 0 Å². The maximum atomic E-state index is 13.6. The van der Waals surface area contributed by atoms with Crippen LogP contribution in [0.1, 0.15) is 75.3 Å². The molecule has 0 unspecified atom stereocenters. The summed E-state index contributed by atoms with van der Waals surface area (Å²) in [6.07, 6.45) is 9.40. The Morgan fingerprint density at radius 1 is 1.03 bits per heavy atom. The standard InChI is InChI=1S/C29H41NO7/c1-35-15-16-36-19-23(27(33)37-25-12-9-20-5-4-6-22(20)17-25)18-29(13-2-3-14-29)28(34)30-24-10-7-21(8-11-24)26(31)32/h9,12,17,21,23-24H,2-8,10-11,13-16,18-19H2,1H3,(H,30,34)(H,31,32)/t21?,23-,24?/m0/s1. The molecule has 0 heterocycles. The Bertz CT molecular complexity index is 948. The number of carboxylic acids is 1. The molecule has 2 saturated carbocycles. The number of benzene rings is 1. The highest BCUT2D eigenvalue weighted by Crippen LogP contribution is 2.44. The summed E-state index contributed by atoms with van der Waals surface area (Å²) < 4.78 is 16.7. The van der Waals surface area contributed by atoms with Gasteiger partial charge in [-0.1, -0.05) is 18.9 Å². The normalized spacial score (nSPS) is 23.3. The minimum Gasteiger partial charge on any atom is -0.481 e. The lowest BCUT2D eigenvalue weighted by atomic mass is 9.76. The quantitative estimate of drug-likeness (QED) is 0.245. The molecular formula is C29H41NO7. The topological polar surface area (TPSA) is 111 Å². The number of aryl methyl sites for hydroxylation is 2. The van der Waals surface area contributed by atoms with Crippen molar-refractivity contribution in [3.63, 3.8) is 0 Å². The first-order valence-electron chi connectivity index (χ1n) is 13.8. The monoisotopic (exact) mass is 515 g/mol. The van der Waals surface area contributed by atoms with Crippen LogP contribution in [0, 0.1) is 17.3 Å². The van der Waals surface area contributed by atoms with E-state index in [1.54, 1.807) is 7.11 Å². The van der Waals surface area contributed by atoms with Gasteiger partial charge < -0.3 is 24.6 Å². The first kappa shape index (κ1) is 27.6. The van der Waals surface area contributed by atoms with Crippen LogP contribution in [-0.4, -0.2) is 55.9 Å². The van der Waals surface area contributed by atoms with E-state index in [2.05, 4.69) is 5.32 Å². The Morgan fingerprint density at radius 3 is 2.46 bits per heavy atom. The SMILES string of the molecule is COCCOC[C@H](CC1(C(=O)NC2CCC(C(=O)O)CC2)CCCC1)C(=O)Oc1ccc2c(c1)CCC2. The van der Waals surface area contributed by atoms with Crippen LogP contribution >= 0.6 is 0 Å². The molecule has 2 N–H and O–H groups in total. The number of carbonyl (C=O) groups is 3. The molecule has 0 radical (unpaired) electrons. The van der Waals surface area contributed by atoms with Crippen molar-refractivity contribution in [2.24, 2.45) is 17.3 Å². The Balaban J connectivity index is 1.43. The molecule has 0 aromatic heterocycles. The van der Waals surface area contributed by atoms with Crippen LogP contribution in [0.25, 0.3) is 0 Å². The van der Waals surface area contributed by atoms with Gasteiger partial charge in [-0.15, -0.1) is 0 Å². The lowest BCUT2D eigenvalue weighted by Gasteiger charge is -2.34. The number of nitrogens with one attached hydrogen (secondary N) is 1. The van der Waals surface area contributed by atoms with E-state index >= 15 is 0 Å². The molecular weight excluding hydrogens is 474 g/mol. The third-order valence-electron chi connectivity index (χ3n) is 8.46. The number of aliphatic carboxylic acids is 1. The number of carbonyl (C=O) groups excluding carboxylic acids is 2. The molecule has 0 saturated heterocycles. The van der Waals surface area contributed by atoms with E-state index in [0.717, 1.165) is 44.9 Å².